The molecule has 0 amide bonds. The number of nitrogens with zero attached hydrogens (tertiary/aromatic N) is 4. The van der Waals surface area contributed by atoms with E-state index in [1.54, 1.807) is 23.5 Å². The van der Waals surface area contributed by atoms with Crippen molar-refractivity contribution in [3.05, 3.63) is 187 Å². The van der Waals surface area contributed by atoms with Crippen molar-refractivity contribution < 1.29 is 26.3 Å². The van der Waals surface area contributed by atoms with Crippen molar-refractivity contribution in [2.24, 2.45) is 63.2 Å². The van der Waals surface area contributed by atoms with Crippen LogP contribution in [0.3, 0.4) is 0 Å². The summed E-state index contributed by atoms with van der Waals surface area (Å²) in [7, 11) is 0. The Balaban J connectivity index is 0.000000198. The zero-order valence-electron chi connectivity index (χ0n) is 65.2. The molecule has 0 N–H and O–H groups in total. The number of rotatable bonds is 16. The predicted molar refractivity (Wildman–Crippen MR) is 462 cm³/mol. The van der Waals surface area contributed by atoms with E-state index in [2.05, 4.69) is 204 Å². The van der Waals surface area contributed by atoms with E-state index in [0.717, 1.165) is 111 Å². The van der Waals surface area contributed by atoms with Crippen LogP contribution in [0.15, 0.2) is 157 Å². The van der Waals surface area contributed by atoms with E-state index in [1.165, 1.54) is 177 Å². The molecule has 6 saturated carbocycles. The fraction of sp³-hybridized carbons (Fsp3) is 0.543. The van der Waals surface area contributed by atoms with Crippen molar-refractivity contribution in [3.63, 3.8) is 0 Å². The van der Waals surface area contributed by atoms with Crippen LogP contribution in [0.5, 0.6) is 11.5 Å². The molecule has 12 unspecified atom stereocenters. The van der Waals surface area contributed by atoms with E-state index in [0.29, 0.717) is 76.0 Å². The molecule has 575 valence electrons. The molecule has 4 aromatic carbocycles. The number of allylic oxidation sites excluding steroid dienone is 3. The molecule has 8 aliphatic rings. The maximum absolute atomic E-state index is 7.60. The monoisotopic (exact) mass is 1770 g/mol. The van der Waals surface area contributed by atoms with Crippen molar-refractivity contribution in [1.82, 2.24) is 9.97 Å². The van der Waals surface area contributed by atoms with Crippen molar-refractivity contribution in [2.45, 2.75) is 280 Å². The van der Waals surface area contributed by atoms with Gasteiger partial charge >= 0.3 is 16.8 Å². The Hall–Kier alpha value is -3.14. The summed E-state index contributed by atoms with van der Waals surface area (Å²) in [5, 5.41) is 2.21. The maximum Gasteiger partial charge on any atom is 2.00 e. The van der Waals surface area contributed by atoms with E-state index in [1.807, 2.05) is 24.3 Å². The van der Waals surface area contributed by atoms with Gasteiger partial charge in [-0.05, 0) is 230 Å². The molecular formula is C92H112Br3Cl3CoN4O2S2. The van der Waals surface area contributed by atoms with Gasteiger partial charge in [0.15, 0.2) is 0 Å². The zero-order valence-corrected chi connectivity index (χ0v) is 74.9. The van der Waals surface area contributed by atoms with Crippen LogP contribution in [-0.2, 0) is 27.6 Å². The van der Waals surface area contributed by atoms with Crippen molar-refractivity contribution in [1.29, 1.82) is 0 Å². The van der Waals surface area contributed by atoms with E-state index in [-0.39, 0.29) is 27.6 Å². The summed E-state index contributed by atoms with van der Waals surface area (Å²) in [5.74, 6) is 8.78. The third-order valence-corrected chi connectivity index (χ3v) is 31.2. The number of aliphatic imine (C=N–C) groups is 2. The molecule has 12 atom stereocenters. The second-order valence-electron chi connectivity index (χ2n) is 34.9. The van der Waals surface area contributed by atoms with Crippen molar-refractivity contribution in [2.75, 3.05) is 0 Å². The summed E-state index contributed by atoms with van der Waals surface area (Å²) in [6.45, 7) is 28.0. The second-order valence-corrected chi connectivity index (χ2v) is 40.7. The standard InChI is InChI=1S/C46H56Br2ClN2OS.C46H56BrCl2N2OS.Co/c1-27-13-7-10-16-34(27)37-38(47)40(35-17-11-8-14-28(35)2)50-42(37)44(52-32-23-19-30(20-24-32)46(4,5)6)43-45(53-33-25-21-31(49)22-26-33)39(48)41(51-43)36-18-12-9-15-29(36)3;1-27-13-7-10-16-34(27)37-38(47)40(35-17-11-8-14-28(35)2)50-42(37)44(52-32-23-19-30(20-24-32)46(4,5)6)43-45(53-33-25-21-31(48)22-26-33)39(49)41(51-43)36-18-12-9-15-29(36)3;/h2*19-29,34-36H,7-18H2,1-6H3;/q2*-1;+2/b44-43+;44-42+;. The van der Waals surface area contributed by atoms with Crippen LogP contribution in [0.25, 0.3) is 11.5 Å². The van der Waals surface area contributed by atoms with Crippen LogP contribution in [-0.4, -0.2) is 11.4 Å². The summed E-state index contributed by atoms with van der Waals surface area (Å²) >= 11 is 36.5. The summed E-state index contributed by atoms with van der Waals surface area (Å²) < 4.78 is 18.1. The third kappa shape index (κ3) is 19.0. The first-order valence-corrected chi connectivity index (χ1v) is 45.6. The molecular weight excluding hydrogens is 1660 g/mol. The molecule has 4 heterocycles. The largest absolute Gasteiger partial charge is 2.00 e. The fourth-order valence-electron chi connectivity index (χ4n) is 18.6. The zero-order chi connectivity index (χ0) is 74.9. The molecule has 6 aromatic rings. The minimum Gasteiger partial charge on any atom is -0.657 e. The minimum absolute atomic E-state index is 0. The molecule has 15 heteroatoms. The normalized spacial score (nSPS) is 27.6. The second kappa shape index (κ2) is 36.6. The minimum atomic E-state index is 0. The Labute approximate surface area is 700 Å². The van der Waals surface area contributed by atoms with Gasteiger partial charge < -0.3 is 19.4 Å². The average Bonchev–Trinajstić information content (AvgIpc) is 1.60. The maximum atomic E-state index is 7.60. The summed E-state index contributed by atoms with van der Waals surface area (Å²) in [6, 6.07) is 33.6. The Bertz CT molecular complexity index is 4290. The number of hydrogen-bond acceptors (Lipinski definition) is 6. The average molecular weight is 1780 g/mol. The molecule has 6 fully saturated rings. The summed E-state index contributed by atoms with van der Waals surface area (Å²) in [6.07, 6.45) is 29.4. The third-order valence-electron chi connectivity index (χ3n) is 25.3. The van der Waals surface area contributed by atoms with Gasteiger partial charge in [-0.1, -0.05) is 309 Å². The quantitative estimate of drug-likeness (QED) is 0.0899. The SMILES string of the molecule is CC1CCCCC1C1=N/C(=C(/Oc2ccc(C(C)(C)C)cc2)c2[n-]c(C3CCCCC3C)c(Br)c2C2CCCCC2C)C(Sc2ccc(Cl)cc2)=C1Br.CC1CCCCC1C1=N/C(=C(/Oc2ccc(C(C)(C)C)cc2)c2[n-]c(C3CCCCC3C)c(Cl)c2Sc2ccc(Cl)cc2)C(C2CCCCC2C)=C1Br.[Co+2]. The van der Waals surface area contributed by atoms with Gasteiger partial charge in [0.1, 0.15) is 34.4 Å². The van der Waals surface area contributed by atoms with Gasteiger partial charge in [-0.25, -0.2) is 9.98 Å². The first kappa shape index (κ1) is 83.3. The first-order chi connectivity index (χ1) is 50.8. The van der Waals surface area contributed by atoms with Gasteiger partial charge in [-0.15, -0.1) is 11.4 Å². The van der Waals surface area contributed by atoms with Gasteiger partial charge in [0.05, 0.1) is 20.8 Å². The molecule has 2 aromatic heterocycles. The molecule has 1 radical (unpaired) electrons. The Morgan fingerprint density at radius 2 is 0.766 bits per heavy atom. The van der Waals surface area contributed by atoms with Crippen LogP contribution < -0.4 is 19.4 Å². The van der Waals surface area contributed by atoms with Crippen LogP contribution in [0.4, 0.5) is 0 Å². The Morgan fingerprint density at radius 1 is 0.411 bits per heavy atom. The smallest absolute Gasteiger partial charge is 0.657 e. The van der Waals surface area contributed by atoms with Crippen LogP contribution in [0, 0.1) is 53.3 Å². The van der Waals surface area contributed by atoms with E-state index in [9.17, 15) is 0 Å². The predicted octanol–water partition coefficient (Wildman–Crippen LogP) is 30.6. The molecule has 6 nitrogen and oxygen atoms in total. The number of benzene rings is 4. The van der Waals surface area contributed by atoms with E-state index >= 15 is 0 Å². The van der Waals surface area contributed by atoms with E-state index in [4.69, 9.17) is 64.2 Å². The fourth-order valence-corrected chi connectivity index (χ4v) is 23.7. The topological polar surface area (TPSA) is 71.4 Å². The van der Waals surface area contributed by atoms with Gasteiger partial charge in [-0.2, -0.15) is 0 Å². The molecule has 0 bridgehead atoms. The number of thioether (sulfide) groups is 1. The number of ether oxygens (including phenoxy) is 2. The Kier molecular flexibility index (Phi) is 28.5. The van der Waals surface area contributed by atoms with Crippen molar-refractivity contribution >= 4 is 129 Å². The van der Waals surface area contributed by atoms with Gasteiger partial charge in [0.25, 0.3) is 0 Å². The number of halogens is 6. The molecule has 0 spiro atoms. The molecule has 6 aliphatic carbocycles. The molecule has 14 rings (SSSR count). The number of aromatic nitrogens is 2. The van der Waals surface area contributed by atoms with Crippen LogP contribution in [0.1, 0.15) is 294 Å². The molecule has 0 saturated heterocycles. The summed E-state index contributed by atoms with van der Waals surface area (Å²) in [5.41, 5.74) is 13.5. The van der Waals surface area contributed by atoms with Crippen LogP contribution in [0.2, 0.25) is 15.1 Å². The molecule has 2 aliphatic heterocycles. The first-order valence-electron chi connectivity index (χ1n) is 40.4. The Morgan fingerprint density at radius 3 is 1.20 bits per heavy atom. The van der Waals surface area contributed by atoms with Gasteiger partial charge in [-0.3, -0.25) is 0 Å². The summed E-state index contributed by atoms with van der Waals surface area (Å²) in [4.78, 5) is 27.0. The van der Waals surface area contributed by atoms with E-state index < -0.39 is 0 Å². The molecule has 107 heavy (non-hydrogen) atoms. The van der Waals surface area contributed by atoms with Gasteiger partial charge in [0.2, 0.25) is 0 Å². The van der Waals surface area contributed by atoms with Crippen LogP contribution >= 0.6 is 106 Å². The van der Waals surface area contributed by atoms with Crippen molar-refractivity contribution in [3.8, 4) is 11.5 Å². The number of hydrogen-bond donors (Lipinski definition) is 0. The van der Waals surface area contributed by atoms with Gasteiger partial charge in [0, 0.05) is 56.1 Å².